The molecule has 0 heterocycles. The summed E-state index contributed by atoms with van der Waals surface area (Å²) in [7, 11) is 0. The van der Waals surface area contributed by atoms with Crippen LogP contribution in [0.5, 0.6) is 0 Å². The highest BCUT2D eigenvalue weighted by atomic mass is 16.5. The molecule has 1 atom stereocenters. The van der Waals surface area contributed by atoms with Crippen LogP contribution in [0, 0.1) is 5.41 Å². The first kappa shape index (κ1) is 16.4. The van der Waals surface area contributed by atoms with Gasteiger partial charge in [-0.15, -0.1) is 0 Å². The van der Waals surface area contributed by atoms with Crippen molar-refractivity contribution in [1.82, 2.24) is 10.6 Å². The van der Waals surface area contributed by atoms with E-state index in [1.165, 1.54) is 0 Å². The van der Waals surface area contributed by atoms with Gasteiger partial charge in [-0.3, -0.25) is 10.1 Å². The van der Waals surface area contributed by atoms with E-state index in [9.17, 15) is 14.4 Å². The van der Waals surface area contributed by atoms with Gasteiger partial charge < -0.3 is 15.2 Å². The van der Waals surface area contributed by atoms with Gasteiger partial charge in [0.15, 0.2) is 0 Å². The van der Waals surface area contributed by atoms with Crippen LogP contribution in [-0.2, 0) is 14.3 Å². The van der Waals surface area contributed by atoms with Crippen molar-refractivity contribution < 1.29 is 24.2 Å². The minimum atomic E-state index is -1.16. The molecule has 7 nitrogen and oxygen atoms in total. The molecule has 7 heteroatoms. The van der Waals surface area contributed by atoms with Gasteiger partial charge in [0.2, 0.25) is 0 Å². The maximum absolute atomic E-state index is 11.6. The van der Waals surface area contributed by atoms with Crippen LogP contribution in [0.25, 0.3) is 0 Å². The number of amides is 3. The Bertz CT molecular complexity index is 381. The average molecular weight is 286 g/mol. The topological polar surface area (TPSA) is 105 Å². The predicted molar refractivity (Wildman–Crippen MR) is 71.2 cm³/mol. The third-order valence-corrected chi connectivity index (χ3v) is 3.25. The molecule has 1 rings (SSSR count). The number of hydrogen-bond acceptors (Lipinski definition) is 4. The number of carboxylic acids is 1. The van der Waals surface area contributed by atoms with E-state index in [1.54, 1.807) is 0 Å². The smallest absolute Gasteiger partial charge is 0.329 e. The van der Waals surface area contributed by atoms with Crippen molar-refractivity contribution in [2.24, 2.45) is 5.41 Å². The van der Waals surface area contributed by atoms with Gasteiger partial charge in [0.1, 0.15) is 13.2 Å². The van der Waals surface area contributed by atoms with Gasteiger partial charge in [-0.25, -0.2) is 9.59 Å². The molecule has 0 aliphatic heterocycles. The molecule has 114 valence electrons. The summed E-state index contributed by atoms with van der Waals surface area (Å²) in [6, 6.07) is -0.497. The van der Waals surface area contributed by atoms with Crippen LogP contribution in [0.1, 0.15) is 39.5 Å². The van der Waals surface area contributed by atoms with Gasteiger partial charge in [-0.2, -0.15) is 0 Å². The second-order valence-electron chi connectivity index (χ2n) is 5.87. The molecule has 1 fully saturated rings. The van der Waals surface area contributed by atoms with Crippen LogP contribution < -0.4 is 10.6 Å². The van der Waals surface area contributed by atoms with E-state index in [4.69, 9.17) is 5.11 Å². The summed E-state index contributed by atoms with van der Waals surface area (Å²) >= 11 is 0. The zero-order chi connectivity index (χ0) is 15.2. The van der Waals surface area contributed by atoms with Gasteiger partial charge in [0, 0.05) is 6.04 Å². The first-order chi connectivity index (χ1) is 9.28. The van der Waals surface area contributed by atoms with E-state index in [0.29, 0.717) is 0 Å². The van der Waals surface area contributed by atoms with Crippen LogP contribution in [0.4, 0.5) is 4.79 Å². The van der Waals surface area contributed by atoms with Gasteiger partial charge in [-0.1, -0.05) is 20.3 Å². The lowest BCUT2D eigenvalue weighted by molar-refractivity contribution is -0.143. The number of hydrogen-bond donors (Lipinski definition) is 3. The number of nitrogens with one attached hydrogen (secondary N) is 2. The maximum Gasteiger partial charge on any atom is 0.329 e. The fraction of sp³-hybridized carbons (Fsp3) is 0.769. The summed E-state index contributed by atoms with van der Waals surface area (Å²) in [6.07, 6.45) is 3.97. The number of aliphatic carboxylic acids is 1. The molecule has 0 aromatic carbocycles. The van der Waals surface area contributed by atoms with Crippen molar-refractivity contribution in [2.75, 3.05) is 13.2 Å². The second-order valence-corrected chi connectivity index (χ2v) is 5.87. The number of urea groups is 1. The lowest BCUT2D eigenvalue weighted by atomic mass is 9.75. The molecule has 1 aliphatic rings. The molecule has 0 aromatic heterocycles. The van der Waals surface area contributed by atoms with E-state index in [0.717, 1.165) is 25.7 Å². The fourth-order valence-electron chi connectivity index (χ4n) is 2.44. The minimum absolute atomic E-state index is 0.0616. The fourth-order valence-corrected chi connectivity index (χ4v) is 2.44. The normalized spacial score (nSPS) is 21.0. The van der Waals surface area contributed by atoms with E-state index in [1.807, 2.05) is 0 Å². The van der Waals surface area contributed by atoms with Gasteiger partial charge in [0.05, 0.1) is 0 Å². The number of carboxylic acid groups (broad SMARTS) is 1. The third-order valence-electron chi connectivity index (χ3n) is 3.25. The van der Waals surface area contributed by atoms with E-state index < -0.39 is 31.1 Å². The Labute approximate surface area is 118 Å². The van der Waals surface area contributed by atoms with Crippen molar-refractivity contribution in [1.29, 1.82) is 0 Å². The molecule has 1 aliphatic carbocycles. The van der Waals surface area contributed by atoms with Crippen molar-refractivity contribution in [2.45, 2.75) is 45.6 Å². The van der Waals surface area contributed by atoms with Crippen molar-refractivity contribution >= 4 is 17.9 Å². The molecule has 1 unspecified atom stereocenters. The van der Waals surface area contributed by atoms with Gasteiger partial charge in [0.25, 0.3) is 5.91 Å². The van der Waals surface area contributed by atoms with Gasteiger partial charge in [-0.05, 0) is 24.7 Å². The number of imide groups is 1. The zero-order valence-corrected chi connectivity index (χ0v) is 11.9. The summed E-state index contributed by atoms with van der Waals surface area (Å²) in [5.74, 6) is -1.81. The van der Waals surface area contributed by atoms with E-state index >= 15 is 0 Å². The quantitative estimate of drug-likeness (QED) is 0.696. The van der Waals surface area contributed by atoms with Crippen LogP contribution >= 0.6 is 0 Å². The van der Waals surface area contributed by atoms with Crippen molar-refractivity contribution in [3.8, 4) is 0 Å². The Morgan fingerprint density at radius 3 is 2.60 bits per heavy atom. The molecule has 3 N–H and O–H groups in total. The monoisotopic (exact) mass is 286 g/mol. The van der Waals surface area contributed by atoms with Crippen molar-refractivity contribution in [3.63, 3.8) is 0 Å². The van der Waals surface area contributed by atoms with E-state index in [2.05, 4.69) is 29.2 Å². The van der Waals surface area contributed by atoms with Crippen molar-refractivity contribution in [3.05, 3.63) is 0 Å². The standard InChI is InChI=1S/C13H22N2O5/c1-13(2)5-3-4-9(6-13)14-12(19)15-10(16)7-20-8-11(17)18/h9H,3-8H2,1-2H3,(H,17,18)(H2,14,15,16,19). The Morgan fingerprint density at radius 1 is 1.30 bits per heavy atom. The number of carbonyl (C=O) groups is 3. The number of ether oxygens (including phenoxy) is 1. The third kappa shape index (κ3) is 6.51. The highest BCUT2D eigenvalue weighted by Crippen LogP contribution is 2.34. The first-order valence-electron chi connectivity index (χ1n) is 6.68. The zero-order valence-electron chi connectivity index (χ0n) is 11.9. The number of rotatable bonds is 5. The molecule has 0 aromatic rings. The molecule has 20 heavy (non-hydrogen) atoms. The highest BCUT2D eigenvalue weighted by Gasteiger charge is 2.28. The molecule has 0 radical (unpaired) electrons. The van der Waals surface area contributed by atoms with Crippen LogP contribution in [0.2, 0.25) is 0 Å². The average Bonchev–Trinajstić information content (AvgIpc) is 2.26. The molecule has 1 saturated carbocycles. The van der Waals surface area contributed by atoms with Crippen LogP contribution in [-0.4, -0.2) is 42.3 Å². The lowest BCUT2D eigenvalue weighted by Crippen LogP contribution is -2.48. The summed E-state index contributed by atoms with van der Waals surface area (Å²) < 4.78 is 4.59. The predicted octanol–water partition coefficient (Wildman–Crippen LogP) is 0.882. The lowest BCUT2D eigenvalue weighted by Gasteiger charge is -2.35. The molecule has 0 bridgehead atoms. The van der Waals surface area contributed by atoms with Crippen LogP contribution in [0.15, 0.2) is 0 Å². The largest absolute Gasteiger partial charge is 0.480 e. The summed E-state index contributed by atoms with van der Waals surface area (Å²) in [5.41, 5.74) is 0.199. The Morgan fingerprint density at radius 2 is 2.00 bits per heavy atom. The Balaban J connectivity index is 2.25. The Hall–Kier alpha value is -1.63. The summed E-state index contributed by atoms with van der Waals surface area (Å²) in [4.78, 5) is 33.1. The molecular formula is C13H22N2O5. The summed E-state index contributed by atoms with van der Waals surface area (Å²) in [5, 5.41) is 13.2. The SMILES string of the molecule is CC1(C)CCCC(NC(=O)NC(=O)COCC(=O)O)C1. The second kappa shape index (κ2) is 7.23. The van der Waals surface area contributed by atoms with Gasteiger partial charge >= 0.3 is 12.0 Å². The summed E-state index contributed by atoms with van der Waals surface area (Å²) in [6.45, 7) is 3.30. The van der Waals surface area contributed by atoms with E-state index in [-0.39, 0.29) is 11.5 Å². The molecule has 0 spiro atoms. The maximum atomic E-state index is 11.6. The highest BCUT2D eigenvalue weighted by molar-refractivity contribution is 5.95. The Kier molecular flexibility index (Phi) is 5.94. The molecule has 3 amide bonds. The molecular weight excluding hydrogens is 264 g/mol. The van der Waals surface area contributed by atoms with Crippen LogP contribution in [0.3, 0.4) is 0 Å². The number of carbonyl (C=O) groups excluding carboxylic acids is 2. The minimum Gasteiger partial charge on any atom is -0.480 e. The first-order valence-corrected chi connectivity index (χ1v) is 6.68. The molecule has 0 saturated heterocycles.